The van der Waals surface area contributed by atoms with Gasteiger partial charge in [0.1, 0.15) is 5.82 Å². The van der Waals surface area contributed by atoms with E-state index in [9.17, 15) is 22.4 Å². The molecule has 0 spiro atoms. The minimum atomic E-state index is -4.91. The lowest BCUT2D eigenvalue weighted by Crippen LogP contribution is -2.31. The number of halogens is 4. The first-order valence-corrected chi connectivity index (χ1v) is 9.68. The van der Waals surface area contributed by atoms with Crippen molar-refractivity contribution in [2.75, 3.05) is 24.5 Å². The Bertz CT molecular complexity index is 1020. The van der Waals surface area contributed by atoms with Crippen molar-refractivity contribution in [3.8, 4) is 5.69 Å². The summed E-state index contributed by atoms with van der Waals surface area (Å²) in [6.07, 6.45) is -4.39. The highest BCUT2D eigenvalue weighted by molar-refractivity contribution is 5.93. The molecular weight excluding hydrogens is 414 g/mol. The SMILES string of the molecule is CCN(CCCNC(=O)c1nnn(-c2cccc(F)c2)c1C(F)(F)F)c1ccccc1. The minimum Gasteiger partial charge on any atom is -0.372 e. The van der Waals surface area contributed by atoms with Gasteiger partial charge in [0.15, 0.2) is 11.4 Å². The van der Waals surface area contributed by atoms with Crippen molar-refractivity contribution in [1.82, 2.24) is 20.3 Å². The smallest absolute Gasteiger partial charge is 0.372 e. The molecule has 1 amide bonds. The predicted molar refractivity (Wildman–Crippen MR) is 108 cm³/mol. The number of anilines is 1. The number of rotatable bonds is 8. The first-order valence-electron chi connectivity index (χ1n) is 9.68. The molecule has 0 unspecified atom stereocenters. The van der Waals surface area contributed by atoms with E-state index in [0.717, 1.165) is 24.4 Å². The van der Waals surface area contributed by atoms with Gasteiger partial charge >= 0.3 is 6.18 Å². The van der Waals surface area contributed by atoms with Crippen LogP contribution in [-0.4, -0.2) is 40.5 Å². The quantitative estimate of drug-likeness (QED) is 0.428. The molecule has 0 bridgehead atoms. The van der Waals surface area contributed by atoms with E-state index in [1.807, 2.05) is 37.3 Å². The Morgan fingerprint density at radius 2 is 1.87 bits per heavy atom. The molecule has 1 heterocycles. The molecule has 0 aliphatic heterocycles. The Hall–Kier alpha value is -3.43. The fourth-order valence-electron chi connectivity index (χ4n) is 3.14. The molecule has 3 aromatic rings. The maximum Gasteiger partial charge on any atom is 0.435 e. The summed E-state index contributed by atoms with van der Waals surface area (Å²) in [4.78, 5) is 14.5. The van der Waals surface area contributed by atoms with E-state index in [2.05, 4.69) is 20.5 Å². The molecular formula is C21H21F4N5O. The molecule has 2 aromatic carbocycles. The molecule has 6 nitrogen and oxygen atoms in total. The number of nitrogens with zero attached hydrogens (tertiary/aromatic N) is 4. The number of para-hydroxylation sites is 1. The van der Waals surface area contributed by atoms with Gasteiger partial charge in [0.25, 0.3) is 5.91 Å². The highest BCUT2D eigenvalue weighted by atomic mass is 19.4. The van der Waals surface area contributed by atoms with Crippen molar-refractivity contribution < 1.29 is 22.4 Å². The number of hydrogen-bond donors (Lipinski definition) is 1. The average Bonchev–Trinajstić information content (AvgIpc) is 3.20. The largest absolute Gasteiger partial charge is 0.435 e. The second-order valence-corrected chi connectivity index (χ2v) is 6.70. The number of carbonyl (C=O) groups excluding carboxylic acids is 1. The van der Waals surface area contributed by atoms with E-state index in [1.165, 1.54) is 12.1 Å². The molecule has 31 heavy (non-hydrogen) atoms. The summed E-state index contributed by atoms with van der Waals surface area (Å²) < 4.78 is 54.8. The third-order valence-corrected chi connectivity index (χ3v) is 4.60. The monoisotopic (exact) mass is 435 g/mol. The van der Waals surface area contributed by atoms with Crippen molar-refractivity contribution in [2.24, 2.45) is 0 Å². The van der Waals surface area contributed by atoms with Gasteiger partial charge in [0.2, 0.25) is 0 Å². The van der Waals surface area contributed by atoms with E-state index >= 15 is 0 Å². The van der Waals surface area contributed by atoms with Crippen LogP contribution in [0.3, 0.4) is 0 Å². The number of hydrogen-bond acceptors (Lipinski definition) is 4. The van der Waals surface area contributed by atoms with Crippen LogP contribution in [-0.2, 0) is 6.18 Å². The minimum absolute atomic E-state index is 0.159. The van der Waals surface area contributed by atoms with E-state index in [4.69, 9.17) is 0 Å². The maximum absolute atomic E-state index is 13.6. The molecule has 1 aromatic heterocycles. The summed E-state index contributed by atoms with van der Waals surface area (Å²) >= 11 is 0. The first kappa shape index (κ1) is 22.3. The fourth-order valence-corrected chi connectivity index (χ4v) is 3.14. The fraction of sp³-hybridized carbons (Fsp3) is 0.286. The number of carbonyl (C=O) groups is 1. The molecule has 0 aliphatic rings. The first-order chi connectivity index (χ1) is 14.8. The predicted octanol–water partition coefficient (Wildman–Crippen LogP) is 4.07. The molecule has 0 aliphatic carbocycles. The van der Waals surface area contributed by atoms with Crippen LogP contribution in [0.5, 0.6) is 0 Å². The van der Waals surface area contributed by atoms with Gasteiger partial charge < -0.3 is 10.2 Å². The summed E-state index contributed by atoms with van der Waals surface area (Å²) in [6.45, 7) is 3.51. The lowest BCUT2D eigenvalue weighted by Gasteiger charge is -2.23. The van der Waals surface area contributed by atoms with Gasteiger partial charge in [-0.1, -0.05) is 29.5 Å². The van der Waals surface area contributed by atoms with Crippen LogP contribution in [0.15, 0.2) is 54.6 Å². The zero-order chi connectivity index (χ0) is 22.4. The number of amides is 1. The van der Waals surface area contributed by atoms with Crippen LogP contribution >= 0.6 is 0 Å². The molecule has 0 atom stereocenters. The van der Waals surface area contributed by atoms with Crippen LogP contribution in [0.1, 0.15) is 29.5 Å². The van der Waals surface area contributed by atoms with Crippen LogP contribution in [0, 0.1) is 5.82 Å². The highest BCUT2D eigenvalue weighted by Crippen LogP contribution is 2.32. The molecule has 10 heteroatoms. The van der Waals surface area contributed by atoms with Gasteiger partial charge in [-0.05, 0) is 43.7 Å². The molecule has 3 rings (SSSR count). The third kappa shape index (κ3) is 5.39. The molecule has 164 valence electrons. The lowest BCUT2D eigenvalue weighted by atomic mass is 10.2. The summed E-state index contributed by atoms with van der Waals surface area (Å²) in [6, 6.07) is 14.1. The van der Waals surface area contributed by atoms with Crippen molar-refractivity contribution in [3.05, 3.63) is 71.8 Å². The van der Waals surface area contributed by atoms with E-state index in [0.29, 0.717) is 17.6 Å². The number of nitrogens with one attached hydrogen (secondary N) is 1. The summed E-state index contributed by atoms with van der Waals surface area (Å²) in [5, 5.41) is 9.31. The van der Waals surface area contributed by atoms with Crippen molar-refractivity contribution in [1.29, 1.82) is 0 Å². The van der Waals surface area contributed by atoms with Gasteiger partial charge in [-0.15, -0.1) is 5.10 Å². The van der Waals surface area contributed by atoms with Gasteiger partial charge in [0.05, 0.1) is 5.69 Å². The van der Waals surface area contributed by atoms with Crippen LogP contribution in [0.2, 0.25) is 0 Å². The third-order valence-electron chi connectivity index (χ3n) is 4.60. The summed E-state index contributed by atoms with van der Waals surface area (Å²) in [7, 11) is 0. The maximum atomic E-state index is 13.6. The second kappa shape index (κ2) is 9.59. The Labute approximate surface area is 176 Å². The number of aromatic nitrogens is 3. The lowest BCUT2D eigenvalue weighted by molar-refractivity contribution is -0.143. The van der Waals surface area contributed by atoms with Gasteiger partial charge in [0, 0.05) is 25.3 Å². The van der Waals surface area contributed by atoms with Crippen LogP contribution in [0.25, 0.3) is 5.69 Å². The van der Waals surface area contributed by atoms with Gasteiger partial charge in [-0.2, -0.15) is 13.2 Å². The molecule has 0 radical (unpaired) electrons. The Balaban J connectivity index is 1.69. The molecule has 1 N–H and O–H groups in total. The highest BCUT2D eigenvalue weighted by Gasteiger charge is 2.42. The molecule has 0 saturated heterocycles. The van der Waals surface area contributed by atoms with Crippen LogP contribution < -0.4 is 10.2 Å². The Morgan fingerprint density at radius 1 is 1.13 bits per heavy atom. The number of benzene rings is 2. The topological polar surface area (TPSA) is 63.1 Å². The summed E-state index contributed by atoms with van der Waals surface area (Å²) in [5.74, 6) is -1.72. The normalized spacial score (nSPS) is 11.4. The zero-order valence-electron chi connectivity index (χ0n) is 16.7. The zero-order valence-corrected chi connectivity index (χ0v) is 16.7. The van der Waals surface area contributed by atoms with E-state index in [1.54, 1.807) is 0 Å². The number of alkyl halides is 3. The van der Waals surface area contributed by atoms with E-state index in [-0.39, 0.29) is 12.2 Å². The van der Waals surface area contributed by atoms with E-state index < -0.39 is 29.3 Å². The summed E-state index contributed by atoms with van der Waals surface area (Å²) in [5.41, 5.74) is -1.36. The second-order valence-electron chi connectivity index (χ2n) is 6.70. The Kier molecular flexibility index (Phi) is 6.88. The van der Waals surface area contributed by atoms with Gasteiger partial charge in [-0.3, -0.25) is 4.79 Å². The standard InChI is InChI=1S/C21H21F4N5O/c1-2-29(16-9-4-3-5-10-16)13-7-12-26-20(31)18-19(21(23,24)25)30(28-27-18)17-11-6-8-15(22)14-17/h3-6,8-11,14H,2,7,12-13H2,1H3,(H,26,31). The molecule has 0 saturated carbocycles. The average molecular weight is 435 g/mol. The Morgan fingerprint density at radius 3 is 2.52 bits per heavy atom. The molecule has 0 fully saturated rings. The van der Waals surface area contributed by atoms with Crippen LogP contribution in [0.4, 0.5) is 23.2 Å². The van der Waals surface area contributed by atoms with Crippen molar-refractivity contribution in [3.63, 3.8) is 0 Å². The van der Waals surface area contributed by atoms with Crippen molar-refractivity contribution >= 4 is 11.6 Å². The van der Waals surface area contributed by atoms with Gasteiger partial charge in [-0.25, -0.2) is 9.07 Å². The van der Waals surface area contributed by atoms with Crippen molar-refractivity contribution in [2.45, 2.75) is 19.5 Å².